The molecule has 0 saturated carbocycles. The van der Waals surface area contributed by atoms with Gasteiger partial charge in [0.1, 0.15) is 0 Å². The monoisotopic (exact) mass is 369 g/mol. The second-order valence-corrected chi connectivity index (χ2v) is 7.46. The van der Waals surface area contributed by atoms with E-state index in [1.54, 1.807) is 7.05 Å². The average molecular weight is 370 g/mol. The first-order valence-electron chi connectivity index (χ1n) is 8.07. The van der Waals surface area contributed by atoms with E-state index >= 15 is 0 Å². The zero-order valence-corrected chi connectivity index (χ0v) is 15.6. The third-order valence-electron chi connectivity index (χ3n) is 4.40. The lowest BCUT2D eigenvalue weighted by atomic mass is 10.1. The molecule has 0 aromatic heterocycles. The number of likely N-dealkylation sites (N-methyl/N-ethyl adjacent to an activating group) is 1. The first-order chi connectivity index (χ1) is 11.5. The van der Waals surface area contributed by atoms with Crippen molar-refractivity contribution in [2.24, 2.45) is 0 Å². The van der Waals surface area contributed by atoms with E-state index in [0.717, 1.165) is 17.7 Å². The molecule has 1 heterocycles. The highest BCUT2D eigenvalue weighted by atomic mass is 35.5. The van der Waals surface area contributed by atoms with E-state index in [2.05, 4.69) is 15.5 Å². The van der Waals surface area contributed by atoms with E-state index < -0.39 is 0 Å². The molecular weight excluding hydrogens is 346 g/mol. The molecule has 2 N–H and O–H groups in total. The number of amides is 2. The zero-order chi connectivity index (χ0) is 17.5. The van der Waals surface area contributed by atoms with Crippen molar-refractivity contribution in [2.45, 2.75) is 36.2 Å². The summed E-state index contributed by atoms with van der Waals surface area (Å²) in [7, 11) is 3.69. The fraction of sp³-hybridized carbons (Fsp3) is 0.529. The third kappa shape index (κ3) is 5.69. The lowest BCUT2D eigenvalue weighted by molar-refractivity contribution is -0.122. The minimum atomic E-state index is 0.0260. The molecule has 132 valence electrons. The van der Waals surface area contributed by atoms with E-state index in [-0.39, 0.29) is 17.9 Å². The summed E-state index contributed by atoms with van der Waals surface area (Å²) in [6.45, 7) is 0.626. The second-order valence-electron chi connectivity index (χ2n) is 5.97. The van der Waals surface area contributed by atoms with Gasteiger partial charge in [0.15, 0.2) is 0 Å². The molecular formula is C17H24ClN3O2S. The molecule has 24 heavy (non-hydrogen) atoms. The van der Waals surface area contributed by atoms with Gasteiger partial charge in [-0.15, -0.1) is 11.8 Å². The normalized spacial score (nSPS) is 20.8. The molecule has 0 spiro atoms. The van der Waals surface area contributed by atoms with Gasteiger partial charge in [-0.05, 0) is 44.2 Å². The average Bonchev–Trinajstić information content (AvgIpc) is 2.92. The maximum atomic E-state index is 12.0. The predicted molar refractivity (Wildman–Crippen MR) is 98.4 cm³/mol. The highest BCUT2D eigenvalue weighted by Gasteiger charge is 2.31. The second kappa shape index (κ2) is 9.30. The molecule has 0 bridgehead atoms. The quantitative estimate of drug-likeness (QED) is 0.723. The van der Waals surface area contributed by atoms with Crippen LogP contribution in [0.25, 0.3) is 0 Å². The number of halogens is 1. The maximum absolute atomic E-state index is 12.0. The smallest absolute Gasteiger partial charge is 0.230 e. The Morgan fingerprint density at radius 1 is 1.21 bits per heavy atom. The molecule has 1 aromatic carbocycles. The Hall–Kier alpha value is -1.24. The van der Waals surface area contributed by atoms with Crippen molar-refractivity contribution in [2.75, 3.05) is 26.4 Å². The summed E-state index contributed by atoms with van der Waals surface area (Å²) in [5.74, 6) is 0.480. The van der Waals surface area contributed by atoms with E-state index in [1.165, 1.54) is 11.8 Å². The molecule has 1 fully saturated rings. The molecule has 2 amide bonds. The Morgan fingerprint density at radius 2 is 1.88 bits per heavy atom. The number of carbonyl (C=O) groups excluding carboxylic acids is 2. The number of hydrogen-bond acceptors (Lipinski definition) is 4. The van der Waals surface area contributed by atoms with E-state index in [9.17, 15) is 9.59 Å². The Morgan fingerprint density at radius 3 is 2.54 bits per heavy atom. The number of rotatable bonds is 7. The van der Waals surface area contributed by atoms with E-state index in [0.29, 0.717) is 29.8 Å². The summed E-state index contributed by atoms with van der Waals surface area (Å²) in [6.07, 6.45) is 2.51. The highest BCUT2D eigenvalue weighted by Crippen LogP contribution is 2.24. The SMILES string of the molecule is CNC(=O)C[C@H]1CC[C@@H](CNC(=O)CSc2ccc(Cl)cc2)N1C. The Balaban J connectivity index is 1.70. The van der Waals surface area contributed by atoms with Gasteiger partial charge in [0.25, 0.3) is 0 Å². The molecule has 1 aliphatic heterocycles. The summed E-state index contributed by atoms with van der Waals surface area (Å²) in [5, 5.41) is 6.36. The molecule has 0 aliphatic carbocycles. The lowest BCUT2D eigenvalue weighted by Crippen LogP contribution is -2.42. The topological polar surface area (TPSA) is 61.4 Å². The summed E-state index contributed by atoms with van der Waals surface area (Å²) >= 11 is 7.34. The predicted octanol–water partition coefficient (Wildman–Crippen LogP) is 2.15. The first-order valence-corrected chi connectivity index (χ1v) is 9.43. The van der Waals surface area contributed by atoms with Crippen LogP contribution >= 0.6 is 23.4 Å². The Labute approximate surface area is 152 Å². The van der Waals surface area contributed by atoms with E-state index in [4.69, 9.17) is 11.6 Å². The van der Waals surface area contributed by atoms with Crippen LogP contribution in [0.3, 0.4) is 0 Å². The summed E-state index contributed by atoms with van der Waals surface area (Å²) in [6, 6.07) is 8.02. The standard InChI is InChI=1S/C17H24ClN3O2S/c1-19-16(22)9-13-5-6-14(21(13)2)10-20-17(23)11-24-15-7-3-12(18)4-8-15/h3-4,7-8,13-14H,5-6,9-11H2,1-2H3,(H,19,22)(H,20,23)/t13-,14+/m1/s1. The molecule has 0 radical (unpaired) electrons. The van der Waals surface area contributed by atoms with Gasteiger partial charge >= 0.3 is 0 Å². The Bertz CT molecular complexity index is 567. The maximum Gasteiger partial charge on any atom is 0.230 e. The van der Waals surface area contributed by atoms with Gasteiger partial charge < -0.3 is 10.6 Å². The lowest BCUT2D eigenvalue weighted by Gasteiger charge is -2.25. The number of hydrogen-bond donors (Lipinski definition) is 2. The van der Waals surface area contributed by atoms with Crippen molar-refractivity contribution in [3.05, 3.63) is 29.3 Å². The molecule has 1 saturated heterocycles. The first kappa shape index (κ1) is 19.1. The van der Waals surface area contributed by atoms with Crippen molar-refractivity contribution in [1.82, 2.24) is 15.5 Å². The number of nitrogens with zero attached hydrogens (tertiary/aromatic N) is 1. The van der Waals surface area contributed by atoms with Crippen molar-refractivity contribution in [3.8, 4) is 0 Å². The molecule has 0 unspecified atom stereocenters. The zero-order valence-electron chi connectivity index (χ0n) is 14.0. The molecule has 7 heteroatoms. The van der Waals surface area contributed by atoms with Gasteiger partial charge in [0.2, 0.25) is 11.8 Å². The van der Waals surface area contributed by atoms with E-state index in [1.807, 2.05) is 31.3 Å². The van der Waals surface area contributed by atoms with Gasteiger partial charge in [0, 0.05) is 42.0 Å². The van der Waals surface area contributed by atoms with Crippen LogP contribution in [0.2, 0.25) is 5.02 Å². The summed E-state index contributed by atoms with van der Waals surface area (Å²) in [5.41, 5.74) is 0. The molecule has 1 aliphatic rings. The largest absolute Gasteiger partial charge is 0.359 e. The Kier molecular flexibility index (Phi) is 7.40. The molecule has 2 rings (SSSR count). The number of carbonyl (C=O) groups is 2. The summed E-state index contributed by atoms with van der Waals surface area (Å²) < 4.78 is 0. The molecule has 2 atom stereocenters. The van der Waals surface area contributed by atoms with Crippen LogP contribution in [-0.2, 0) is 9.59 Å². The minimum Gasteiger partial charge on any atom is -0.359 e. The van der Waals surface area contributed by atoms with Crippen LogP contribution < -0.4 is 10.6 Å². The summed E-state index contributed by atoms with van der Waals surface area (Å²) in [4.78, 5) is 26.8. The van der Waals surface area contributed by atoms with Gasteiger partial charge in [-0.3, -0.25) is 14.5 Å². The van der Waals surface area contributed by atoms with Crippen LogP contribution in [0.15, 0.2) is 29.2 Å². The van der Waals surface area contributed by atoms with Crippen molar-refractivity contribution in [3.63, 3.8) is 0 Å². The van der Waals surface area contributed by atoms with Gasteiger partial charge in [-0.25, -0.2) is 0 Å². The van der Waals surface area contributed by atoms with Gasteiger partial charge in [-0.1, -0.05) is 11.6 Å². The van der Waals surface area contributed by atoms with Crippen molar-refractivity contribution in [1.29, 1.82) is 0 Å². The van der Waals surface area contributed by atoms with Crippen LogP contribution in [-0.4, -0.2) is 55.2 Å². The number of benzene rings is 1. The van der Waals surface area contributed by atoms with Crippen molar-refractivity contribution >= 4 is 35.2 Å². The minimum absolute atomic E-state index is 0.0260. The van der Waals surface area contributed by atoms with Gasteiger partial charge in [-0.2, -0.15) is 0 Å². The van der Waals surface area contributed by atoms with Gasteiger partial charge in [0.05, 0.1) is 5.75 Å². The highest BCUT2D eigenvalue weighted by molar-refractivity contribution is 8.00. The van der Waals surface area contributed by atoms with Crippen LogP contribution in [0.4, 0.5) is 0 Å². The van der Waals surface area contributed by atoms with Crippen LogP contribution in [0.1, 0.15) is 19.3 Å². The third-order valence-corrected chi connectivity index (χ3v) is 5.67. The van der Waals surface area contributed by atoms with Crippen molar-refractivity contribution < 1.29 is 9.59 Å². The van der Waals surface area contributed by atoms with Crippen LogP contribution in [0, 0.1) is 0 Å². The number of likely N-dealkylation sites (tertiary alicyclic amines) is 1. The number of nitrogens with one attached hydrogen (secondary N) is 2. The van der Waals surface area contributed by atoms with Crippen LogP contribution in [0.5, 0.6) is 0 Å². The molecule has 1 aromatic rings. The fourth-order valence-electron chi connectivity index (χ4n) is 2.86. The fourth-order valence-corrected chi connectivity index (χ4v) is 3.72. The number of thioether (sulfide) groups is 1. The molecule has 5 nitrogen and oxygen atoms in total.